The number of anilines is 1. The van der Waals surface area contributed by atoms with E-state index in [-0.39, 0.29) is 0 Å². The van der Waals surface area contributed by atoms with E-state index < -0.39 is 11.7 Å². The van der Waals surface area contributed by atoms with Gasteiger partial charge in [0.2, 0.25) is 0 Å². The van der Waals surface area contributed by atoms with Crippen LogP contribution in [0, 0.1) is 0 Å². The lowest BCUT2D eigenvalue weighted by atomic mass is 10.2. The molecule has 0 unspecified atom stereocenters. The molecular weight excluding hydrogens is 270 g/mol. The number of hydrogen-bond acceptors (Lipinski definition) is 5. The maximum atomic E-state index is 12.0. The lowest BCUT2D eigenvalue weighted by Gasteiger charge is -2.23. The van der Waals surface area contributed by atoms with Crippen molar-refractivity contribution in [3.63, 3.8) is 0 Å². The minimum Gasteiger partial charge on any atom is -0.443 e. The van der Waals surface area contributed by atoms with Gasteiger partial charge in [0.1, 0.15) is 11.9 Å². The van der Waals surface area contributed by atoms with Crippen LogP contribution in [-0.2, 0) is 11.8 Å². The molecule has 0 spiro atoms. The standard InChI is InChI=1S/C14H19N5O2/c1-14(2,3)21-13(20)18(4)12-6-11(19(5)17-12)10-7-15-9-16-8-10/h6-9H,1-5H3. The van der Waals surface area contributed by atoms with Crippen LogP contribution < -0.4 is 4.90 Å². The Bertz CT molecular complexity index is 631. The van der Waals surface area contributed by atoms with E-state index in [1.54, 1.807) is 37.2 Å². The van der Waals surface area contributed by atoms with Crippen molar-refractivity contribution in [2.24, 2.45) is 7.05 Å². The summed E-state index contributed by atoms with van der Waals surface area (Å²) in [6.45, 7) is 5.47. The van der Waals surface area contributed by atoms with E-state index in [1.807, 2.05) is 20.8 Å². The minimum absolute atomic E-state index is 0.448. The van der Waals surface area contributed by atoms with Crippen molar-refractivity contribution in [2.75, 3.05) is 11.9 Å². The number of rotatable bonds is 2. The van der Waals surface area contributed by atoms with Gasteiger partial charge in [0, 0.05) is 38.1 Å². The molecule has 0 aromatic carbocycles. The highest BCUT2D eigenvalue weighted by Gasteiger charge is 2.22. The third-order valence-corrected chi connectivity index (χ3v) is 2.73. The Morgan fingerprint density at radius 2 is 1.90 bits per heavy atom. The lowest BCUT2D eigenvalue weighted by Crippen LogP contribution is -2.34. The van der Waals surface area contributed by atoms with Crippen LogP contribution in [0.2, 0.25) is 0 Å². The molecule has 0 aliphatic rings. The highest BCUT2D eigenvalue weighted by atomic mass is 16.6. The molecule has 7 heteroatoms. The summed E-state index contributed by atoms with van der Waals surface area (Å²) in [5.41, 5.74) is 1.10. The SMILES string of the molecule is CN(C(=O)OC(C)(C)C)c1cc(-c2cncnc2)n(C)n1. The molecule has 21 heavy (non-hydrogen) atoms. The first-order valence-electron chi connectivity index (χ1n) is 6.54. The summed E-state index contributed by atoms with van der Waals surface area (Å²) >= 11 is 0. The zero-order valence-corrected chi connectivity index (χ0v) is 12.9. The van der Waals surface area contributed by atoms with Crippen molar-refractivity contribution in [1.82, 2.24) is 19.7 Å². The van der Waals surface area contributed by atoms with Crippen LogP contribution in [-0.4, -0.2) is 38.5 Å². The summed E-state index contributed by atoms with van der Waals surface area (Å²) in [6.07, 6.45) is 4.41. The molecule has 0 aliphatic carbocycles. The molecule has 2 rings (SSSR count). The third kappa shape index (κ3) is 3.56. The fourth-order valence-electron chi connectivity index (χ4n) is 1.74. The van der Waals surface area contributed by atoms with Crippen LogP contribution in [0.4, 0.5) is 10.6 Å². The second-order valence-corrected chi connectivity index (χ2v) is 5.68. The summed E-state index contributed by atoms with van der Waals surface area (Å²) in [5.74, 6) is 0.505. The fourth-order valence-corrected chi connectivity index (χ4v) is 1.74. The molecule has 0 aliphatic heterocycles. The maximum Gasteiger partial charge on any atom is 0.415 e. The van der Waals surface area contributed by atoms with Crippen LogP contribution in [0.5, 0.6) is 0 Å². The van der Waals surface area contributed by atoms with Crippen molar-refractivity contribution >= 4 is 11.9 Å². The van der Waals surface area contributed by atoms with Gasteiger partial charge < -0.3 is 4.74 Å². The van der Waals surface area contributed by atoms with Gasteiger partial charge in [0.15, 0.2) is 5.82 Å². The van der Waals surface area contributed by atoms with Gasteiger partial charge >= 0.3 is 6.09 Å². The predicted molar refractivity (Wildman–Crippen MR) is 78.9 cm³/mol. The van der Waals surface area contributed by atoms with Crippen molar-refractivity contribution in [1.29, 1.82) is 0 Å². The molecule has 0 fully saturated rings. The second kappa shape index (κ2) is 5.51. The molecule has 0 radical (unpaired) electrons. The summed E-state index contributed by atoms with van der Waals surface area (Å²) in [5, 5.41) is 4.32. The van der Waals surface area contributed by atoms with Gasteiger partial charge in [0.25, 0.3) is 0 Å². The number of nitrogens with zero attached hydrogens (tertiary/aromatic N) is 5. The van der Waals surface area contributed by atoms with Crippen LogP contribution in [0.15, 0.2) is 24.8 Å². The van der Waals surface area contributed by atoms with Gasteiger partial charge in [-0.1, -0.05) is 0 Å². The van der Waals surface area contributed by atoms with Gasteiger partial charge in [-0.2, -0.15) is 5.10 Å². The van der Waals surface area contributed by atoms with Crippen LogP contribution in [0.1, 0.15) is 20.8 Å². The molecule has 0 saturated carbocycles. The quantitative estimate of drug-likeness (QED) is 0.847. The molecule has 2 heterocycles. The Morgan fingerprint density at radius 3 is 2.48 bits per heavy atom. The van der Waals surface area contributed by atoms with E-state index in [0.717, 1.165) is 11.3 Å². The van der Waals surface area contributed by atoms with Gasteiger partial charge in [-0.3, -0.25) is 9.58 Å². The van der Waals surface area contributed by atoms with Crippen LogP contribution in [0.25, 0.3) is 11.3 Å². The Labute approximate surface area is 123 Å². The van der Waals surface area contributed by atoms with Gasteiger partial charge in [-0.25, -0.2) is 14.8 Å². The molecule has 0 bridgehead atoms. The molecule has 2 aromatic rings. The lowest BCUT2D eigenvalue weighted by molar-refractivity contribution is 0.0588. The maximum absolute atomic E-state index is 12.0. The molecule has 0 atom stereocenters. The number of amides is 1. The highest BCUT2D eigenvalue weighted by molar-refractivity contribution is 5.86. The first kappa shape index (κ1) is 15.0. The van der Waals surface area contributed by atoms with Crippen LogP contribution in [0.3, 0.4) is 0 Å². The van der Waals surface area contributed by atoms with Gasteiger partial charge in [0.05, 0.1) is 5.69 Å². The van der Waals surface area contributed by atoms with E-state index in [2.05, 4.69) is 15.1 Å². The van der Waals surface area contributed by atoms with Crippen molar-refractivity contribution in [3.05, 3.63) is 24.8 Å². The van der Waals surface area contributed by atoms with Gasteiger partial charge in [-0.15, -0.1) is 0 Å². The van der Waals surface area contributed by atoms with E-state index in [1.165, 1.54) is 11.2 Å². The molecule has 1 amide bonds. The van der Waals surface area contributed by atoms with E-state index in [0.29, 0.717) is 5.82 Å². The number of carbonyl (C=O) groups is 1. The van der Waals surface area contributed by atoms with Crippen LogP contribution >= 0.6 is 0 Å². The molecule has 2 aromatic heterocycles. The number of aromatic nitrogens is 4. The smallest absolute Gasteiger partial charge is 0.415 e. The summed E-state index contributed by atoms with van der Waals surface area (Å²) < 4.78 is 7.00. The number of ether oxygens (including phenoxy) is 1. The molecule has 7 nitrogen and oxygen atoms in total. The monoisotopic (exact) mass is 289 g/mol. The molecule has 0 saturated heterocycles. The van der Waals surface area contributed by atoms with Gasteiger partial charge in [-0.05, 0) is 20.8 Å². The Balaban J connectivity index is 2.24. The molecule has 112 valence electrons. The van der Waals surface area contributed by atoms with E-state index >= 15 is 0 Å². The number of aryl methyl sites for hydroxylation is 1. The summed E-state index contributed by atoms with van der Waals surface area (Å²) in [6, 6.07) is 1.79. The van der Waals surface area contributed by atoms with Crippen molar-refractivity contribution in [2.45, 2.75) is 26.4 Å². The zero-order chi connectivity index (χ0) is 15.6. The third-order valence-electron chi connectivity index (χ3n) is 2.73. The Kier molecular flexibility index (Phi) is 3.93. The predicted octanol–water partition coefficient (Wildman–Crippen LogP) is 2.25. The zero-order valence-electron chi connectivity index (χ0n) is 12.9. The number of hydrogen-bond donors (Lipinski definition) is 0. The Morgan fingerprint density at radius 1 is 1.29 bits per heavy atom. The Hall–Kier alpha value is -2.44. The molecular formula is C14H19N5O2. The van der Waals surface area contributed by atoms with Crippen molar-refractivity contribution in [3.8, 4) is 11.3 Å². The van der Waals surface area contributed by atoms with E-state index in [4.69, 9.17) is 4.74 Å². The topological polar surface area (TPSA) is 73.1 Å². The minimum atomic E-state index is -0.545. The first-order valence-corrected chi connectivity index (χ1v) is 6.54. The first-order chi connectivity index (χ1) is 9.78. The largest absolute Gasteiger partial charge is 0.443 e. The fraction of sp³-hybridized carbons (Fsp3) is 0.429. The van der Waals surface area contributed by atoms with Crippen molar-refractivity contribution < 1.29 is 9.53 Å². The average Bonchev–Trinajstić information content (AvgIpc) is 2.79. The summed E-state index contributed by atoms with van der Waals surface area (Å²) in [7, 11) is 3.43. The molecule has 0 N–H and O–H groups in total. The normalized spacial score (nSPS) is 11.3. The van der Waals surface area contributed by atoms with E-state index in [9.17, 15) is 4.79 Å². The average molecular weight is 289 g/mol. The second-order valence-electron chi connectivity index (χ2n) is 5.68. The number of carbonyl (C=O) groups excluding carboxylic acids is 1. The summed E-state index contributed by atoms with van der Waals surface area (Å²) in [4.78, 5) is 21.4. The highest BCUT2D eigenvalue weighted by Crippen LogP contribution is 2.23.